The Labute approximate surface area is 95.0 Å². The fourth-order valence-electron chi connectivity index (χ4n) is 2.00. The van der Waals surface area contributed by atoms with Gasteiger partial charge in [-0.1, -0.05) is 12.5 Å². The molecule has 1 saturated carbocycles. The van der Waals surface area contributed by atoms with Gasteiger partial charge in [0.2, 0.25) is 0 Å². The van der Waals surface area contributed by atoms with Crippen molar-refractivity contribution < 1.29 is 9.53 Å². The van der Waals surface area contributed by atoms with Crippen LogP contribution in [-0.2, 0) is 9.53 Å². The van der Waals surface area contributed by atoms with Crippen molar-refractivity contribution in [1.82, 2.24) is 4.98 Å². The van der Waals surface area contributed by atoms with Gasteiger partial charge in [0.25, 0.3) is 0 Å². The van der Waals surface area contributed by atoms with E-state index in [-0.39, 0.29) is 11.4 Å². The van der Waals surface area contributed by atoms with Gasteiger partial charge in [0.15, 0.2) is 0 Å². The Balaban J connectivity index is 1.96. The summed E-state index contributed by atoms with van der Waals surface area (Å²) in [5.41, 5.74) is -0.327. The number of anilines is 1. The highest BCUT2D eigenvalue weighted by Gasteiger charge is 2.45. The van der Waals surface area contributed by atoms with Gasteiger partial charge in [-0.2, -0.15) is 0 Å². The number of pyridine rings is 1. The summed E-state index contributed by atoms with van der Waals surface area (Å²) < 4.78 is 4.85. The first kappa shape index (κ1) is 10.9. The molecule has 4 nitrogen and oxygen atoms in total. The van der Waals surface area contributed by atoms with E-state index in [1.54, 1.807) is 6.20 Å². The van der Waals surface area contributed by atoms with Crippen LogP contribution in [0.3, 0.4) is 0 Å². The Hall–Kier alpha value is -1.58. The average Bonchev–Trinajstić information content (AvgIpc) is 2.28. The van der Waals surface area contributed by atoms with Crippen molar-refractivity contribution in [3.8, 4) is 0 Å². The summed E-state index contributed by atoms with van der Waals surface area (Å²) in [6.45, 7) is 0.608. The second-order valence-electron chi connectivity index (χ2n) is 4.19. The van der Waals surface area contributed by atoms with Crippen molar-refractivity contribution in [2.45, 2.75) is 19.3 Å². The van der Waals surface area contributed by atoms with Gasteiger partial charge in [-0.05, 0) is 25.0 Å². The van der Waals surface area contributed by atoms with E-state index < -0.39 is 0 Å². The van der Waals surface area contributed by atoms with Crippen LogP contribution < -0.4 is 5.32 Å². The van der Waals surface area contributed by atoms with E-state index in [2.05, 4.69) is 10.3 Å². The normalized spacial score (nSPS) is 17.3. The molecule has 1 aromatic rings. The van der Waals surface area contributed by atoms with Crippen LogP contribution in [0.5, 0.6) is 0 Å². The van der Waals surface area contributed by atoms with Gasteiger partial charge in [-0.3, -0.25) is 4.79 Å². The van der Waals surface area contributed by atoms with Gasteiger partial charge in [0, 0.05) is 12.7 Å². The zero-order valence-corrected chi connectivity index (χ0v) is 9.40. The molecular weight excluding hydrogens is 204 g/mol. The topological polar surface area (TPSA) is 51.2 Å². The number of carbonyl (C=O) groups excluding carboxylic acids is 1. The van der Waals surface area contributed by atoms with Crippen molar-refractivity contribution in [1.29, 1.82) is 0 Å². The Kier molecular flexibility index (Phi) is 3.08. The molecule has 4 heteroatoms. The quantitative estimate of drug-likeness (QED) is 0.786. The first-order valence-corrected chi connectivity index (χ1v) is 5.50. The average molecular weight is 220 g/mol. The molecule has 0 radical (unpaired) electrons. The summed E-state index contributed by atoms with van der Waals surface area (Å²) in [4.78, 5) is 15.8. The fraction of sp³-hybridized carbons (Fsp3) is 0.500. The highest BCUT2D eigenvalue weighted by atomic mass is 16.5. The summed E-state index contributed by atoms with van der Waals surface area (Å²) >= 11 is 0. The number of ether oxygens (including phenoxy) is 1. The van der Waals surface area contributed by atoms with Gasteiger partial charge in [-0.25, -0.2) is 4.98 Å². The maximum atomic E-state index is 11.7. The van der Waals surface area contributed by atoms with E-state index in [4.69, 9.17) is 4.74 Å². The number of esters is 1. The largest absolute Gasteiger partial charge is 0.469 e. The van der Waals surface area contributed by atoms with Crippen molar-refractivity contribution in [3.63, 3.8) is 0 Å². The minimum Gasteiger partial charge on any atom is -0.469 e. The molecule has 16 heavy (non-hydrogen) atoms. The lowest BCUT2D eigenvalue weighted by Crippen LogP contribution is -2.44. The van der Waals surface area contributed by atoms with Crippen LogP contribution in [0.25, 0.3) is 0 Å². The van der Waals surface area contributed by atoms with E-state index in [0.29, 0.717) is 6.54 Å². The second kappa shape index (κ2) is 4.51. The Bertz CT molecular complexity index is 361. The lowest BCUT2D eigenvalue weighted by Gasteiger charge is -2.38. The molecule has 2 rings (SSSR count). The Morgan fingerprint density at radius 2 is 2.38 bits per heavy atom. The standard InChI is InChI=1S/C12H16N2O2/c1-16-11(15)12(6-4-7-12)9-14-10-5-2-3-8-13-10/h2-3,5,8H,4,6-7,9H2,1H3,(H,13,14). The SMILES string of the molecule is COC(=O)C1(CNc2ccccn2)CCC1. The summed E-state index contributed by atoms with van der Waals surface area (Å²) in [6.07, 6.45) is 4.63. The number of rotatable bonds is 4. The molecule has 1 heterocycles. The molecule has 86 valence electrons. The maximum Gasteiger partial charge on any atom is 0.313 e. The number of methoxy groups -OCH3 is 1. The molecule has 1 aliphatic carbocycles. The van der Waals surface area contributed by atoms with Crippen LogP contribution in [0, 0.1) is 5.41 Å². The van der Waals surface area contributed by atoms with E-state index >= 15 is 0 Å². The van der Waals surface area contributed by atoms with Gasteiger partial charge >= 0.3 is 5.97 Å². The minimum atomic E-state index is -0.327. The smallest absolute Gasteiger partial charge is 0.313 e. The molecule has 0 amide bonds. The Morgan fingerprint density at radius 1 is 1.56 bits per heavy atom. The van der Waals surface area contributed by atoms with Crippen LogP contribution in [0.2, 0.25) is 0 Å². The zero-order chi connectivity index (χ0) is 11.4. The van der Waals surface area contributed by atoms with Crippen LogP contribution in [0.1, 0.15) is 19.3 Å². The molecule has 1 fully saturated rings. The third kappa shape index (κ3) is 2.01. The van der Waals surface area contributed by atoms with Crippen LogP contribution in [0.4, 0.5) is 5.82 Å². The number of carbonyl (C=O) groups is 1. The van der Waals surface area contributed by atoms with E-state index in [0.717, 1.165) is 25.1 Å². The summed E-state index contributed by atoms with van der Waals surface area (Å²) in [7, 11) is 1.45. The van der Waals surface area contributed by atoms with Crippen molar-refractivity contribution in [2.24, 2.45) is 5.41 Å². The van der Waals surface area contributed by atoms with E-state index in [1.807, 2.05) is 18.2 Å². The van der Waals surface area contributed by atoms with Crippen molar-refractivity contribution in [2.75, 3.05) is 19.0 Å². The molecular formula is C12H16N2O2. The second-order valence-corrected chi connectivity index (χ2v) is 4.19. The molecule has 0 bridgehead atoms. The third-order valence-corrected chi connectivity index (χ3v) is 3.20. The lowest BCUT2D eigenvalue weighted by molar-refractivity contribution is -0.157. The minimum absolute atomic E-state index is 0.109. The van der Waals surface area contributed by atoms with Gasteiger partial charge < -0.3 is 10.1 Å². The predicted octanol–water partition coefficient (Wildman–Crippen LogP) is 1.84. The van der Waals surface area contributed by atoms with Crippen molar-refractivity contribution >= 4 is 11.8 Å². The first-order valence-electron chi connectivity index (χ1n) is 5.50. The number of aromatic nitrogens is 1. The summed E-state index contributed by atoms with van der Waals surface area (Å²) in [5, 5.41) is 3.19. The number of nitrogens with zero attached hydrogens (tertiary/aromatic N) is 1. The summed E-state index contributed by atoms with van der Waals surface area (Å²) in [5.74, 6) is 0.694. The Morgan fingerprint density at radius 3 is 2.88 bits per heavy atom. The van der Waals surface area contributed by atoms with E-state index in [1.165, 1.54) is 7.11 Å². The molecule has 0 unspecified atom stereocenters. The van der Waals surface area contributed by atoms with E-state index in [9.17, 15) is 4.79 Å². The van der Waals surface area contributed by atoms with Gasteiger partial charge in [0.1, 0.15) is 5.82 Å². The highest BCUT2D eigenvalue weighted by molar-refractivity contribution is 5.78. The fourth-order valence-corrected chi connectivity index (χ4v) is 2.00. The highest BCUT2D eigenvalue weighted by Crippen LogP contribution is 2.41. The molecule has 0 aliphatic heterocycles. The van der Waals surface area contributed by atoms with Crippen LogP contribution >= 0.6 is 0 Å². The predicted molar refractivity (Wildman–Crippen MR) is 61.0 cm³/mol. The van der Waals surface area contributed by atoms with Gasteiger partial charge in [0.05, 0.1) is 12.5 Å². The maximum absolute atomic E-state index is 11.7. The van der Waals surface area contributed by atoms with Crippen molar-refractivity contribution in [3.05, 3.63) is 24.4 Å². The monoisotopic (exact) mass is 220 g/mol. The molecule has 1 N–H and O–H groups in total. The summed E-state index contributed by atoms with van der Waals surface area (Å²) in [6, 6.07) is 5.68. The number of hydrogen-bond acceptors (Lipinski definition) is 4. The lowest BCUT2D eigenvalue weighted by atomic mass is 9.68. The third-order valence-electron chi connectivity index (χ3n) is 3.20. The number of nitrogens with one attached hydrogen (secondary N) is 1. The van der Waals surface area contributed by atoms with Crippen LogP contribution in [0.15, 0.2) is 24.4 Å². The molecule has 1 aliphatic rings. The molecule has 0 atom stereocenters. The molecule has 0 spiro atoms. The molecule has 0 aromatic carbocycles. The zero-order valence-electron chi connectivity index (χ0n) is 9.40. The first-order chi connectivity index (χ1) is 7.77. The van der Waals surface area contributed by atoms with Crippen LogP contribution in [-0.4, -0.2) is 24.6 Å². The number of hydrogen-bond donors (Lipinski definition) is 1. The van der Waals surface area contributed by atoms with Gasteiger partial charge in [-0.15, -0.1) is 0 Å². The molecule has 1 aromatic heterocycles. The molecule has 0 saturated heterocycles.